The van der Waals surface area contributed by atoms with Crippen LogP contribution in [-0.2, 0) is 0 Å². The lowest BCUT2D eigenvalue weighted by Crippen LogP contribution is -2.48. The number of fused-ring (bicyclic) bond motifs is 1. The van der Waals surface area contributed by atoms with Crippen LogP contribution in [0.1, 0.15) is 37.0 Å². The fourth-order valence-electron chi connectivity index (χ4n) is 3.04. The molecule has 2 aromatic carbocycles. The van der Waals surface area contributed by atoms with Gasteiger partial charge in [-0.05, 0) is 62.0 Å². The van der Waals surface area contributed by atoms with Crippen molar-refractivity contribution >= 4 is 34.1 Å². The summed E-state index contributed by atoms with van der Waals surface area (Å²) >= 11 is 5.00. The first-order valence-corrected chi connectivity index (χ1v) is 10.4. The maximum Gasteiger partial charge on any atom is 0.270 e. The van der Waals surface area contributed by atoms with Crippen molar-refractivity contribution in [2.24, 2.45) is 5.73 Å². The molecule has 0 unspecified atom stereocenters. The number of hydrogen-bond donors (Lipinski definition) is 2. The van der Waals surface area contributed by atoms with Crippen LogP contribution in [0.5, 0.6) is 5.75 Å². The average molecular weight is 423 g/mol. The van der Waals surface area contributed by atoms with E-state index in [1.54, 1.807) is 6.07 Å². The third kappa shape index (κ3) is 5.04. The molecule has 30 heavy (non-hydrogen) atoms. The van der Waals surface area contributed by atoms with Crippen molar-refractivity contribution in [2.75, 3.05) is 13.2 Å². The van der Waals surface area contributed by atoms with Gasteiger partial charge in [-0.2, -0.15) is 0 Å². The SMILES string of the molecule is CCCCOc1ccc(-c2cc(C(=O)NN(CC)C(N)=S)c3ccccc3n2)cc1. The number of nitrogens with one attached hydrogen (secondary N) is 1. The quantitative estimate of drug-likeness (QED) is 0.336. The van der Waals surface area contributed by atoms with Crippen LogP contribution in [-0.4, -0.2) is 34.2 Å². The van der Waals surface area contributed by atoms with Crippen LogP contribution in [0.4, 0.5) is 0 Å². The summed E-state index contributed by atoms with van der Waals surface area (Å²) in [6, 6.07) is 17.1. The van der Waals surface area contributed by atoms with E-state index in [-0.39, 0.29) is 11.0 Å². The average Bonchev–Trinajstić information content (AvgIpc) is 2.77. The molecule has 0 fully saturated rings. The van der Waals surface area contributed by atoms with Crippen LogP contribution >= 0.6 is 12.2 Å². The van der Waals surface area contributed by atoms with E-state index in [1.807, 2.05) is 55.5 Å². The van der Waals surface area contributed by atoms with Gasteiger partial charge in [0.15, 0.2) is 5.11 Å². The van der Waals surface area contributed by atoms with Gasteiger partial charge in [0.25, 0.3) is 5.91 Å². The maximum absolute atomic E-state index is 13.0. The number of benzene rings is 2. The van der Waals surface area contributed by atoms with E-state index >= 15 is 0 Å². The van der Waals surface area contributed by atoms with Gasteiger partial charge in [0.05, 0.1) is 23.4 Å². The van der Waals surface area contributed by atoms with Gasteiger partial charge in [-0.25, -0.2) is 4.98 Å². The first-order chi connectivity index (χ1) is 14.5. The van der Waals surface area contributed by atoms with Gasteiger partial charge in [-0.15, -0.1) is 0 Å². The molecule has 0 bridgehead atoms. The van der Waals surface area contributed by atoms with Crippen LogP contribution < -0.4 is 15.9 Å². The molecule has 0 saturated heterocycles. The Morgan fingerprint density at radius 2 is 1.90 bits per heavy atom. The third-order valence-electron chi connectivity index (χ3n) is 4.70. The van der Waals surface area contributed by atoms with E-state index in [4.69, 9.17) is 27.7 Å². The number of nitrogens with zero attached hydrogens (tertiary/aromatic N) is 2. The molecule has 1 amide bonds. The number of thiocarbonyl (C=S) groups is 1. The van der Waals surface area contributed by atoms with Crippen molar-refractivity contribution in [1.29, 1.82) is 0 Å². The van der Waals surface area contributed by atoms with Crippen LogP contribution in [0.15, 0.2) is 54.6 Å². The topological polar surface area (TPSA) is 80.5 Å². The summed E-state index contributed by atoms with van der Waals surface area (Å²) in [5.74, 6) is 0.532. The van der Waals surface area contributed by atoms with Gasteiger partial charge in [0, 0.05) is 17.5 Å². The Morgan fingerprint density at radius 1 is 1.17 bits per heavy atom. The summed E-state index contributed by atoms with van der Waals surface area (Å²) in [7, 11) is 0. The number of hydrogen-bond acceptors (Lipinski definition) is 4. The zero-order valence-corrected chi connectivity index (χ0v) is 18.0. The van der Waals surface area contributed by atoms with Gasteiger partial charge >= 0.3 is 0 Å². The highest BCUT2D eigenvalue weighted by atomic mass is 32.1. The minimum atomic E-state index is -0.288. The summed E-state index contributed by atoms with van der Waals surface area (Å²) in [5, 5.41) is 2.31. The Morgan fingerprint density at radius 3 is 2.57 bits per heavy atom. The smallest absolute Gasteiger partial charge is 0.270 e. The Kier molecular flexibility index (Phi) is 7.19. The zero-order chi connectivity index (χ0) is 21.5. The van der Waals surface area contributed by atoms with E-state index in [2.05, 4.69) is 12.3 Å². The molecule has 0 aliphatic carbocycles. The predicted octanol–water partition coefficient (Wildman–Crippen LogP) is 4.29. The number of para-hydroxylation sites is 1. The number of hydrazine groups is 1. The summed E-state index contributed by atoms with van der Waals surface area (Å²) in [6.07, 6.45) is 2.11. The standard InChI is InChI=1S/C23H26N4O2S/c1-3-5-14-29-17-12-10-16(11-13-17)21-15-19(18-8-6-7-9-20(18)25-21)22(28)26-27(4-2)23(24)30/h6-13,15H,3-5,14H2,1-2H3,(H2,24,30)(H,26,28). The number of nitrogens with two attached hydrogens (primary N) is 1. The fraction of sp³-hybridized carbons (Fsp3) is 0.261. The summed E-state index contributed by atoms with van der Waals surface area (Å²) < 4.78 is 5.73. The van der Waals surface area contributed by atoms with Crippen molar-refractivity contribution in [1.82, 2.24) is 15.4 Å². The minimum Gasteiger partial charge on any atom is -0.494 e. The molecule has 1 aromatic heterocycles. The van der Waals surface area contributed by atoms with Crippen molar-refractivity contribution in [3.05, 3.63) is 60.2 Å². The second-order valence-electron chi connectivity index (χ2n) is 6.82. The third-order valence-corrected chi connectivity index (χ3v) is 4.92. The normalized spacial score (nSPS) is 10.6. The van der Waals surface area contributed by atoms with E-state index in [0.29, 0.717) is 24.4 Å². The lowest BCUT2D eigenvalue weighted by molar-refractivity contribution is 0.0876. The first kappa shape index (κ1) is 21.5. The van der Waals surface area contributed by atoms with E-state index in [9.17, 15) is 4.79 Å². The number of unbranched alkanes of at least 4 members (excludes halogenated alkanes) is 1. The van der Waals surface area contributed by atoms with Crippen molar-refractivity contribution in [3.8, 4) is 17.0 Å². The van der Waals surface area contributed by atoms with Crippen molar-refractivity contribution in [3.63, 3.8) is 0 Å². The van der Waals surface area contributed by atoms with Gasteiger partial charge in [0.2, 0.25) is 0 Å². The number of amides is 1. The minimum absolute atomic E-state index is 0.114. The molecular formula is C23H26N4O2S. The van der Waals surface area contributed by atoms with Gasteiger partial charge in [-0.1, -0.05) is 31.5 Å². The van der Waals surface area contributed by atoms with Crippen LogP contribution in [0.2, 0.25) is 0 Å². The Hall–Kier alpha value is -3.19. The molecule has 1 heterocycles. The molecule has 156 valence electrons. The highest BCUT2D eigenvalue weighted by Gasteiger charge is 2.16. The summed E-state index contributed by atoms with van der Waals surface area (Å²) in [4.78, 5) is 17.7. The molecule has 0 spiro atoms. The lowest BCUT2D eigenvalue weighted by atomic mass is 10.0. The number of carbonyl (C=O) groups excluding carboxylic acids is 1. The van der Waals surface area contributed by atoms with Gasteiger partial charge in [-0.3, -0.25) is 15.2 Å². The molecular weight excluding hydrogens is 396 g/mol. The Labute approximate surface area is 182 Å². The van der Waals surface area contributed by atoms with Crippen LogP contribution in [0.3, 0.4) is 0 Å². The molecule has 7 heteroatoms. The zero-order valence-electron chi connectivity index (χ0n) is 17.2. The van der Waals surface area contributed by atoms with Crippen molar-refractivity contribution < 1.29 is 9.53 Å². The lowest BCUT2D eigenvalue weighted by Gasteiger charge is -2.22. The molecule has 0 aliphatic heterocycles. The van der Waals surface area contributed by atoms with Gasteiger partial charge in [0.1, 0.15) is 5.75 Å². The maximum atomic E-state index is 13.0. The van der Waals surface area contributed by atoms with E-state index in [0.717, 1.165) is 35.1 Å². The Balaban J connectivity index is 1.95. The van der Waals surface area contributed by atoms with E-state index in [1.165, 1.54) is 5.01 Å². The highest BCUT2D eigenvalue weighted by Crippen LogP contribution is 2.26. The molecule has 0 radical (unpaired) electrons. The number of carbonyl (C=O) groups is 1. The van der Waals surface area contributed by atoms with Gasteiger partial charge < -0.3 is 10.5 Å². The molecule has 0 aliphatic rings. The number of pyridine rings is 1. The summed E-state index contributed by atoms with van der Waals surface area (Å²) in [5.41, 5.74) is 11.3. The first-order valence-electron chi connectivity index (χ1n) is 10.0. The molecule has 3 N–H and O–H groups in total. The second kappa shape index (κ2) is 10.0. The highest BCUT2D eigenvalue weighted by molar-refractivity contribution is 7.80. The van der Waals surface area contributed by atoms with Crippen LogP contribution in [0, 0.1) is 0 Å². The van der Waals surface area contributed by atoms with Crippen molar-refractivity contribution in [2.45, 2.75) is 26.7 Å². The second-order valence-corrected chi connectivity index (χ2v) is 7.24. The molecule has 0 saturated carbocycles. The predicted molar refractivity (Wildman–Crippen MR) is 124 cm³/mol. The molecule has 3 rings (SSSR count). The number of ether oxygens (including phenoxy) is 1. The molecule has 3 aromatic rings. The number of rotatable bonds is 7. The summed E-state index contributed by atoms with van der Waals surface area (Å²) in [6.45, 7) is 5.16. The van der Waals surface area contributed by atoms with E-state index < -0.39 is 0 Å². The largest absolute Gasteiger partial charge is 0.494 e. The van der Waals surface area contributed by atoms with Crippen LogP contribution in [0.25, 0.3) is 22.2 Å². The molecule has 0 atom stereocenters. The molecule has 6 nitrogen and oxygen atoms in total. The fourth-order valence-corrected chi connectivity index (χ4v) is 3.21. The Bertz CT molecular complexity index is 1040. The number of aromatic nitrogens is 1. The monoisotopic (exact) mass is 422 g/mol.